The summed E-state index contributed by atoms with van der Waals surface area (Å²) in [4.78, 5) is 0. The van der Waals surface area contributed by atoms with Gasteiger partial charge in [0.25, 0.3) is 0 Å². The van der Waals surface area contributed by atoms with E-state index in [0.29, 0.717) is 12.1 Å². The van der Waals surface area contributed by atoms with E-state index in [4.69, 9.17) is 12.2 Å². The number of hydrogen-bond donors (Lipinski definition) is 2. The summed E-state index contributed by atoms with van der Waals surface area (Å²) < 4.78 is 0. The first-order valence-electron chi connectivity index (χ1n) is 2.38. The van der Waals surface area contributed by atoms with E-state index in [2.05, 4.69) is 18.2 Å². The van der Waals surface area contributed by atoms with Gasteiger partial charge in [0.05, 0.1) is 6.04 Å². The second-order valence-corrected chi connectivity index (χ2v) is 1.67. The predicted molar refractivity (Wildman–Crippen MR) is 33.5 cm³/mol. The molecule has 2 heteroatoms. The van der Waals surface area contributed by atoms with Crippen LogP contribution in [0.15, 0.2) is 12.3 Å². The quantitative estimate of drug-likeness (QED) is 0.445. The fraction of sp³-hybridized carbons (Fsp3) is 0.333. The Kier molecular flexibility index (Phi) is 2.93. The summed E-state index contributed by atoms with van der Waals surface area (Å²) in [5.41, 5.74) is 9.66. The molecule has 0 unspecified atom stereocenters. The largest absolute Gasteiger partial charge is 0.328 e. The van der Waals surface area contributed by atoms with Crippen molar-refractivity contribution in [1.29, 1.82) is 0 Å². The summed E-state index contributed by atoms with van der Waals surface area (Å²) in [7, 11) is 0. The average molecular weight is 111 g/mol. The normalized spacial score (nSPS) is 12.1. The molecule has 0 bridgehead atoms. The molecule has 0 aromatic carbocycles. The molecular weight excluding hydrogens is 100 g/mol. The Morgan fingerprint density at radius 1 is 2.00 bits per heavy atom. The van der Waals surface area contributed by atoms with Crippen molar-refractivity contribution in [3.05, 3.63) is 12.3 Å². The van der Waals surface area contributed by atoms with Crippen molar-refractivity contribution < 1.29 is 5.73 Å². The molecule has 5 N–H and O–H groups in total. The maximum absolute atomic E-state index is 5.42. The summed E-state index contributed by atoms with van der Waals surface area (Å²) >= 11 is 0. The number of quaternary nitrogens is 1. The second-order valence-electron chi connectivity index (χ2n) is 1.67. The van der Waals surface area contributed by atoms with E-state index in [-0.39, 0.29) is 6.04 Å². The number of terminal acetylenes is 1. The monoisotopic (exact) mass is 111 g/mol. The summed E-state index contributed by atoms with van der Waals surface area (Å²) in [5.74, 6) is 2.42. The molecule has 0 radical (unpaired) electrons. The van der Waals surface area contributed by atoms with Crippen LogP contribution in [0.25, 0.3) is 0 Å². The Labute approximate surface area is 49.6 Å². The minimum Gasteiger partial charge on any atom is -0.328 e. The van der Waals surface area contributed by atoms with Crippen LogP contribution in [0.1, 0.15) is 6.42 Å². The van der Waals surface area contributed by atoms with Crippen LogP contribution in [-0.2, 0) is 0 Å². The molecule has 0 saturated carbocycles. The van der Waals surface area contributed by atoms with Crippen molar-refractivity contribution in [2.24, 2.45) is 5.73 Å². The van der Waals surface area contributed by atoms with Crippen LogP contribution in [-0.4, -0.2) is 6.04 Å². The molecule has 0 aromatic rings. The first-order valence-corrected chi connectivity index (χ1v) is 2.38. The topological polar surface area (TPSA) is 53.7 Å². The Bertz CT molecular complexity index is 121. The summed E-state index contributed by atoms with van der Waals surface area (Å²) in [6.07, 6.45) is 5.50. The van der Waals surface area contributed by atoms with Crippen molar-refractivity contribution in [2.45, 2.75) is 12.5 Å². The van der Waals surface area contributed by atoms with Gasteiger partial charge in [-0.05, 0) is 6.58 Å². The van der Waals surface area contributed by atoms with Crippen LogP contribution in [0.3, 0.4) is 0 Å². The van der Waals surface area contributed by atoms with Gasteiger partial charge in [-0.25, -0.2) is 0 Å². The molecule has 0 heterocycles. The van der Waals surface area contributed by atoms with E-state index in [9.17, 15) is 0 Å². The first-order chi connectivity index (χ1) is 3.68. The number of rotatable bonds is 2. The first kappa shape index (κ1) is 7.22. The molecule has 0 aromatic heterocycles. The van der Waals surface area contributed by atoms with Crippen LogP contribution in [0, 0.1) is 12.3 Å². The minimum absolute atomic E-state index is 0.125. The van der Waals surface area contributed by atoms with Gasteiger partial charge in [0.15, 0.2) is 0 Å². The molecule has 0 aliphatic heterocycles. The number of hydrogen-bond acceptors (Lipinski definition) is 1. The van der Waals surface area contributed by atoms with Crippen molar-refractivity contribution in [1.82, 2.24) is 0 Å². The summed E-state index contributed by atoms with van der Waals surface area (Å²) in [5, 5.41) is 0. The molecule has 0 rings (SSSR count). The van der Waals surface area contributed by atoms with E-state index < -0.39 is 0 Å². The van der Waals surface area contributed by atoms with Crippen LogP contribution >= 0.6 is 0 Å². The zero-order valence-electron chi connectivity index (χ0n) is 4.85. The summed E-state index contributed by atoms with van der Waals surface area (Å²) in [6, 6.07) is -0.125. The average Bonchev–Trinajstić information content (AvgIpc) is 1.67. The fourth-order valence-corrected chi connectivity index (χ4v) is 0.271. The highest BCUT2D eigenvalue weighted by Gasteiger charge is 2.02. The third-order valence-electron chi connectivity index (χ3n) is 0.862. The third-order valence-corrected chi connectivity index (χ3v) is 0.862. The molecule has 0 spiro atoms. The van der Waals surface area contributed by atoms with E-state index in [1.54, 1.807) is 0 Å². The maximum atomic E-state index is 5.42. The minimum atomic E-state index is -0.125. The van der Waals surface area contributed by atoms with Gasteiger partial charge in [-0.2, -0.15) is 0 Å². The molecule has 8 heavy (non-hydrogen) atoms. The van der Waals surface area contributed by atoms with Crippen LogP contribution in [0.4, 0.5) is 0 Å². The lowest BCUT2D eigenvalue weighted by atomic mass is 10.2. The molecular formula is C6H11N2+. The molecule has 0 aliphatic carbocycles. The van der Waals surface area contributed by atoms with Crippen molar-refractivity contribution in [3.63, 3.8) is 0 Å². The maximum Gasteiger partial charge on any atom is 0.115 e. The molecule has 0 aliphatic rings. The molecule has 44 valence electrons. The van der Waals surface area contributed by atoms with E-state index >= 15 is 0 Å². The predicted octanol–water partition coefficient (Wildman–Crippen LogP) is -0.907. The zero-order valence-corrected chi connectivity index (χ0v) is 4.85. The van der Waals surface area contributed by atoms with E-state index in [1.807, 2.05) is 0 Å². The van der Waals surface area contributed by atoms with E-state index in [1.165, 1.54) is 0 Å². The van der Waals surface area contributed by atoms with Crippen LogP contribution in [0.2, 0.25) is 0 Å². The number of nitrogens with two attached hydrogens (primary N) is 1. The Hall–Kier alpha value is -0.780. The standard InChI is InChI=1S/C6H10N2/c1-3-4-6(8)5(2)7/h1,6H,2,4,7-8H2/p+1/t6-/m0/s1. The smallest absolute Gasteiger partial charge is 0.115 e. The van der Waals surface area contributed by atoms with Gasteiger partial charge in [0, 0.05) is 6.42 Å². The lowest BCUT2D eigenvalue weighted by Gasteiger charge is -1.99. The van der Waals surface area contributed by atoms with Crippen molar-refractivity contribution in [2.75, 3.05) is 0 Å². The lowest BCUT2D eigenvalue weighted by molar-refractivity contribution is -0.308. The van der Waals surface area contributed by atoms with Gasteiger partial charge >= 0.3 is 0 Å². The van der Waals surface area contributed by atoms with Crippen LogP contribution < -0.4 is 11.5 Å². The van der Waals surface area contributed by atoms with Crippen molar-refractivity contribution >= 4 is 0 Å². The second kappa shape index (κ2) is 3.25. The molecule has 0 saturated heterocycles. The highest BCUT2D eigenvalue weighted by atomic mass is 14.7. The van der Waals surface area contributed by atoms with E-state index in [0.717, 1.165) is 0 Å². The Morgan fingerprint density at radius 2 is 2.50 bits per heavy atom. The highest BCUT2D eigenvalue weighted by Crippen LogP contribution is 1.88. The third kappa shape index (κ3) is 2.40. The van der Waals surface area contributed by atoms with Crippen LogP contribution in [0.5, 0.6) is 0 Å². The van der Waals surface area contributed by atoms with Gasteiger partial charge in [0.1, 0.15) is 5.70 Å². The molecule has 0 amide bonds. The summed E-state index contributed by atoms with van der Waals surface area (Å²) in [6.45, 7) is 3.54. The van der Waals surface area contributed by atoms with Gasteiger partial charge in [-0.15, -0.1) is 12.3 Å². The Morgan fingerprint density at radius 3 is 2.62 bits per heavy atom. The zero-order chi connectivity index (χ0) is 6.57. The fourth-order valence-electron chi connectivity index (χ4n) is 0.271. The van der Waals surface area contributed by atoms with Gasteiger partial charge < -0.3 is 11.5 Å². The molecule has 0 fully saturated rings. The van der Waals surface area contributed by atoms with Gasteiger partial charge in [0.2, 0.25) is 0 Å². The van der Waals surface area contributed by atoms with Gasteiger partial charge in [-0.1, -0.05) is 0 Å². The highest BCUT2D eigenvalue weighted by molar-refractivity contribution is 4.99. The van der Waals surface area contributed by atoms with Gasteiger partial charge in [-0.3, -0.25) is 0 Å². The lowest BCUT2D eigenvalue weighted by Crippen LogP contribution is -2.54. The van der Waals surface area contributed by atoms with Crippen molar-refractivity contribution in [3.8, 4) is 12.3 Å². The molecule has 1 atom stereocenters. The SMILES string of the molecule is C#CC[C@H](N)C(=C)[NH3+]. The molecule has 2 nitrogen and oxygen atoms in total. The Balaban J connectivity index is 3.52.